The van der Waals surface area contributed by atoms with E-state index in [1.54, 1.807) is 18.2 Å². The second-order valence-electron chi connectivity index (χ2n) is 6.56. The van der Waals surface area contributed by atoms with E-state index < -0.39 is 0 Å². The quantitative estimate of drug-likeness (QED) is 0.875. The molecule has 7 heteroatoms. The van der Waals surface area contributed by atoms with Gasteiger partial charge in [0.05, 0.1) is 6.54 Å². The molecule has 1 aromatic carbocycles. The minimum Gasteiger partial charge on any atom is -0.368 e. The molecule has 1 amide bonds. The lowest BCUT2D eigenvalue weighted by molar-refractivity contribution is -0.132. The van der Waals surface area contributed by atoms with Crippen molar-refractivity contribution in [2.24, 2.45) is 0 Å². The van der Waals surface area contributed by atoms with Crippen molar-refractivity contribution >= 4 is 11.6 Å². The van der Waals surface area contributed by atoms with Gasteiger partial charge in [0.15, 0.2) is 0 Å². The first kappa shape index (κ1) is 18.1. The van der Waals surface area contributed by atoms with E-state index in [1.165, 1.54) is 18.2 Å². The molecule has 138 valence electrons. The summed E-state index contributed by atoms with van der Waals surface area (Å²) in [5.41, 5.74) is 1.62. The molecule has 0 atom stereocenters. The minimum absolute atomic E-state index is 0.0736. The number of hydrogen-bond donors (Lipinski definition) is 1. The van der Waals surface area contributed by atoms with Gasteiger partial charge in [0, 0.05) is 50.2 Å². The molecule has 3 rings (SSSR count). The van der Waals surface area contributed by atoms with Crippen LogP contribution in [0.4, 0.5) is 10.1 Å². The van der Waals surface area contributed by atoms with Crippen molar-refractivity contribution < 1.29 is 9.18 Å². The van der Waals surface area contributed by atoms with Gasteiger partial charge in [-0.05, 0) is 37.4 Å². The molecule has 0 unspecified atom stereocenters. The molecule has 1 aromatic heterocycles. The molecule has 1 aliphatic rings. The Hall–Kier alpha value is -2.67. The summed E-state index contributed by atoms with van der Waals surface area (Å²) >= 11 is 0. The second-order valence-corrected chi connectivity index (χ2v) is 6.56. The third kappa shape index (κ3) is 4.70. The van der Waals surface area contributed by atoms with Gasteiger partial charge in [-0.2, -0.15) is 0 Å². The first-order chi connectivity index (χ1) is 12.5. The van der Waals surface area contributed by atoms with Gasteiger partial charge in [-0.1, -0.05) is 6.07 Å². The Morgan fingerprint density at radius 1 is 1.12 bits per heavy atom. The van der Waals surface area contributed by atoms with E-state index >= 15 is 0 Å². The first-order valence-corrected chi connectivity index (χ1v) is 8.66. The highest BCUT2D eigenvalue weighted by Crippen LogP contribution is 2.17. The van der Waals surface area contributed by atoms with Gasteiger partial charge < -0.3 is 14.8 Å². The van der Waals surface area contributed by atoms with Crippen LogP contribution in [0.1, 0.15) is 5.69 Å². The fraction of sp³-hybridized carbons (Fsp3) is 0.368. The number of aromatic amines is 1. The highest BCUT2D eigenvalue weighted by Gasteiger charge is 2.22. The molecule has 2 heterocycles. The Morgan fingerprint density at radius 3 is 2.46 bits per heavy atom. The van der Waals surface area contributed by atoms with Crippen molar-refractivity contribution in [1.82, 2.24) is 14.8 Å². The zero-order chi connectivity index (χ0) is 18.5. The number of piperazine rings is 1. The molecule has 6 nitrogen and oxygen atoms in total. The van der Waals surface area contributed by atoms with Crippen LogP contribution in [0.25, 0.3) is 0 Å². The van der Waals surface area contributed by atoms with E-state index in [0.717, 1.165) is 24.5 Å². The molecule has 0 saturated carbocycles. The number of aromatic nitrogens is 1. The molecule has 1 fully saturated rings. The summed E-state index contributed by atoms with van der Waals surface area (Å²) in [5.74, 6) is -0.171. The average Bonchev–Trinajstić information content (AvgIpc) is 2.62. The number of hydrogen-bond acceptors (Lipinski definition) is 4. The van der Waals surface area contributed by atoms with Gasteiger partial charge in [0.1, 0.15) is 5.82 Å². The maximum absolute atomic E-state index is 13.0. The second kappa shape index (κ2) is 8.14. The summed E-state index contributed by atoms with van der Waals surface area (Å²) in [4.78, 5) is 32.5. The van der Waals surface area contributed by atoms with Crippen molar-refractivity contribution in [1.29, 1.82) is 0 Å². The van der Waals surface area contributed by atoms with Crippen LogP contribution in [0.5, 0.6) is 0 Å². The van der Waals surface area contributed by atoms with Gasteiger partial charge in [-0.15, -0.1) is 0 Å². The molecule has 26 heavy (non-hydrogen) atoms. The predicted molar refractivity (Wildman–Crippen MR) is 98.6 cm³/mol. The maximum atomic E-state index is 13.0. The number of carbonyl (C=O) groups is 1. The number of amides is 1. The fourth-order valence-electron chi connectivity index (χ4n) is 3.13. The first-order valence-electron chi connectivity index (χ1n) is 8.66. The molecular weight excluding hydrogens is 335 g/mol. The van der Waals surface area contributed by atoms with E-state index in [-0.39, 0.29) is 17.3 Å². The number of pyridine rings is 1. The molecular formula is C19H23FN4O2. The molecule has 0 spiro atoms. The number of carbonyl (C=O) groups excluding carboxylic acids is 1. The SMILES string of the molecule is CN(CC(=O)N1CCN(c2ccc(F)cc2)CC1)Cc1cccc(=O)[nH]1. The molecule has 0 bridgehead atoms. The van der Waals surface area contributed by atoms with Crippen molar-refractivity contribution in [2.45, 2.75) is 6.54 Å². The molecule has 0 aliphatic carbocycles. The zero-order valence-electron chi connectivity index (χ0n) is 14.8. The average molecular weight is 358 g/mol. The Morgan fingerprint density at radius 2 is 1.81 bits per heavy atom. The van der Waals surface area contributed by atoms with E-state index in [1.807, 2.05) is 22.9 Å². The lowest BCUT2D eigenvalue weighted by atomic mass is 10.2. The Bertz CT molecular complexity index is 798. The third-order valence-corrected chi connectivity index (χ3v) is 4.50. The standard InChI is InChI=1S/C19H23FN4O2/c1-22(13-16-3-2-4-18(25)21-16)14-19(26)24-11-9-23(10-12-24)17-7-5-15(20)6-8-17/h2-8H,9-14H2,1H3,(H,21,25). The Balaban J connectivity index is 1.48. The number of nitrogens with zero attached hydrogens (tertiary/aromatic N) is 3. The van der Waals surface area contributed by atoms with Crippen molar-refractivity contribution in [3.05, 3.63) is 64.3 Å². The Labute approximate surface area is 151 Å². The zero-order valence-corrected chi connectivity index (χ0v) is 14.8. The van der Waals surface area contributed by atoms with Gasteiger partial charge in [0.25, 0.3) is 0 Å². The van der Waals surface area contributed by atoms with Crippen LogP contribution in [0, 0.1) is 5.82 Å². The van der Waals surface area contributed by atoms with E-state index in [2.05, 4.69) is 9.88 Å². The van der Waals surface area contributed by atoms with Crippen molar-refractivity contribution in [2.75, 3.05) is 44.7 Å². The van der Waals surface area contributed by atoms with Crippen LogP contribution in [0.15, 0.2) is 47.3 Å². The summed E-state index contributed by atoms with van der Waals surface area (Å²) in [6.07, 6.45) is 0. The smallest absolute Gasteiger partial charge is 0.248 e. The van der Waals surface area contributed by atoms with E-state index in [9.17, 15) is 14.0 Å². The van der Waals surface area contributed by atoms with Gasteiger partial charge >= 0.3 is 0 Å². The van der Waals surface area contributed by atoms with Crippen LogP contribution in [0.3, 0.4) is 0 Å². The summed E-state index contributed by atoms with van der Waals surface area (Å²) in [5, 5.41) is 0. The highest BCUT2D eigenvalue weighted by atomic mass is 19.1. The lowest BCUT2D eigenvalue weighted by Crippen LogP contribution is -2.51. The summed E-state index contributed by atoms with van der Waals surface area (Å²) in [6.45, 7) is 3.56. The molecule has 0 radical (unpaired) electrons. The lowest BCUT2D eigenvalue weighted by Gasteiger charge is -2.36. The van der Waals surface area contributed by atoms with Crippen LogP contribution >= 0.6 is 0 Å². The normalized spacial score (nSPS) is 14.7. The van der Waals surface area contributed by atoms with Gasteiger partial charge in [-0.25, -0.2) is 4.39 Å². The van der Waals surface area contributed by atoms with Crippen LogP contribution in [0.2, 0.25) is 0 Å². The minimum atomic E-state index is -0.245. The Kier molecular flexibility index (Phi) is 5.68. The number of nitrogens with one attached hydrogen (secondary N) is 1. The van der Waals surface area contributed by atoms with Crippen LogP contribution in [-0.4, -0.2) is 60.5 Å². The summed E-state index contributed by atoms with van der Waals surface area (Å²) < 4.78 is 13.0. The topological polar surface area (TPSA) is 59.7 Å². The predicted octanol–water partition coefficient (Wildman–Crippen LogP) is 1.29. The number of benzene rings is 1. The number of halogens is 1. The van der Waals surface area contributed by atoms with E-state index in [0.29, 0.717) is 26.2 Å². The van der Waals surface area contributed by atoms with E-state index in [4.69, 9.17) is 0 Å². The maximum Gasteiger partial charge on any atom is 0.248 e. The van der Waals surface area contributed by atoms with Gasteiger partial charge in [-0.3, -0.25) is 14.5 Å². The van der Waals surface area contributed by atoms with Crippen molar-refractivity contribution in [3.8, 4) is 0 Å². The van der Waals surface area contributed by atoms with Gasteiger partial charge in [0.2, 0.25) is 11.5 Å². The third-order valence-electron chi connectivity index (χ3n) is 4.50. The fourth-order valence-corrected chi connectivity index (χ4v) is 3.13. The monoisotopic (exact) mass is 358 g/mol. The highest BCUT2D eigenvalue weighted by molar-refractivity contribution is 5.78. The number of anilines is 1. The summed E-state index contributed by atoms with van der Waals surface area (Å²) in [6, 6.07) is 11.4. The van der Waals surface area contributed by atoms with Crippen LogP contribution < -0.4 is 10.5 Å². The largest absolute Gasteiger partial charge is 0.368 e. The van der Waals surface area contributed by atoms with Crippen molar-refractivity contribution in [3.63, 3.8) is 0 Å². The number of rotatable bonds is 5. The molecule has 2 aromatic rings. The summed E-state index contributed by atoms with van der Waals surface area (Å²) in [7, 11) is 1.86. The molecule has 1 aliphatic heterocycles. The van der Waals surface area contributed by atoms with Crippen LogP contribution in [-0.2, 0) is 11.3 Å². The molecule has 1 N–H and O–H groups in total. The number of H-pyrrole nitrogens is 1. The number of likely N-dealkylation sites (N-methyl/N-ethyl adjacent to an activating group) is 1. The molecule has 1 saturated heterocycles.